The molecule has 18 heavy (non-hydrogen) atoms. The summed E-state index contributed by atoms with van der Waals surface area (Å²) in [6.07, 6.45) is 1.26. The van der Waals surface area contributed by atoms with E-state index < -0.39 is 21.8 Å². The molecule has 0 bridgehead atoms. The number of primary amides is 1. The summed E-state index contributed by atoms with van der Waals surface area (Å²) in [7, 11) is -3.37. The fourth-order valence-corrected chi connectivity index (χ4v) is 1.93. The van der Waals surface area contributed by atoms with E-state index in [9.17, 15) is 17.6 Å². The molecule has 0 aliphatic heterocycles. The second kappa shape index (κ2) is 5.92. The van der Waals surface area contributed by atoms with Crippen LogP contribution < -0.4 is 10.5 Å². The minimum absolute atomic E-state index is 0.0639. The summed E-state index contributed by atoms with van der Waals surface area (Å²) in [5.74, 6) is -1.63. The number of amides is 1. The lowest BCUT2D eigenvalue weighted by atomic mass is 9.99. The number of nitrogens with two attached hydrogens (primary N) is 1. The van der Waals surface area contributed by atoms with Crippen molar-refractivity contribution in [3.63, 3.8) is 0 Å². The smallest absolute Gasteiger partial charge is 0.222 e. The van der Waals surface area contributed by atoms with E-state index in [1.54, 1.807) is 0 Å². The molecule has 7 heteroatoms. The maximum Gasteiger partial charge on any atom is 0.222 e. The minimum Gasteiger partial charge on any atom is -0.369 e. The van der Waals surface area contributed by atoms with Gasteiger partial charge in [-0.1, -0.05) is 12.1 Å². The zero-order valence-electron chi connectivity index (χ0n) is 9.89. The lowest BCUT2D eigenvalue weighted by Gasteiger charge is -2.13. The molecule has 0 saturated carbocycles. The normalized spacial score (nSPS) is 13.2. The molecule has 5 nitrogen and oxygen atoms in total. The van der Waals surface area contributed by atoms with Crippen LogP contribution in [0.25, 0.3) is 0 Å². The lowest BCUT2D eigenvalue weighted by Crippen LogP contribution is -2.36. The Morgan fingerprint density at radius 1 is 1.39 bits per heavy atom. The monoisotopic (exact) mass is 274 g/mol. The number of carbonyl (C=O) groups excluding carboxylic acids is 1. The van der Waals surface area contributed by atoms with Crippen LogP contribution in [0.4, 0.5) is 4.39 Å². The Bertz CT molecular complexity index is 514. The molecule has 0 spiro atoms. The van der Waals surface area contributed by atoms with Gasteiger partial charge in [0.25, 0.3) is 0 Å². The molecule has 0 fully saturated rings. The largest absolute Gasteiger partial charge is 0.369 e. The molecule has 1 atom stereocenters. The SMILES string of the molecule is CS(=O)(=O)NC[C@H](Cc1ccc(F)cc1)C(N)=O. The maximum absolute atomic E-state index is 12.7. The molecule has 1 aromatic rings. The Hall–Kier alpha value is -1.47. The summed E-state index contributed by atoms with van der Waals surface area (Å²) in [6.45, 7) is -0.0639. The van der Waals surface area contributed by atoms with Crippen LogP contribution >= 0.6 is 0 Å². The molecule has 0 saturated heterocycles. The minimum atomic E-state index is -3.37. The first-order valence-electron chi connectivity index (χ1n) is 5.26. The molecular weight excluding hydrogens is 259 g/mol. The summed E-state index contributed by atoms with van der Waals surface area (Å²) in [4.78, 5) is 11.2. The van der Waals surface area contributed by atoms with Crippen LogP contribution in [-0.2, 0) is 21.2 Å². The molecule has 1 amide bonds. The maximum atomic E-state index is 12.7. The van der Waals surface area contributed by atoms with E-state index in [0.29, 0.717) is 0 Å². The van der Waals surface area contributed by atoms with Crippen molar-refractivity contribution >= 4 is 15.9 Å². The van der Waals surface area contributed by atoms with Crippen molar-refractivity contribution in [3.05, 3.63) is 35.6 Å². The van der Waals surface area contributed by atoms with Gasteiger partial charge in [0.15, 0.2) is 0 Å². The van der Waals surface area contributed by atoms with Gasteiger partial charge in [0.05, 0.1) is 12.2 Å². The van der Waals surface area contributed by atoms with Crippen LogP contribution in [0.1, 0.15) is 5.56 Å². The predicted octanol–water partition coefficient (Wildman–Crippen LogP) is 0.0189. The molecular formula is C11H15FN2O3S. The van der Waals surface area contributed by atoms with Crippen molar-refractivity contribution in [2.24, 2.45) is 11.7 Å². The van der Waals surface area contributed by atoms with Gasteiger partial charge in [-0.05, 0) is 24.1 Å². The van der Waals surface area contributed by atoms with E-state index in [-0.39, 0.29) is 18.8 Å². The molecule has 0 heterocycles. The van der Waals surface area contributed by atoms with E-state index in [0.717, 1.165) is 11.8 Å². The summed E-state index contributed by atoms with van der Waals surface area (Å²) < 4.78 is 36.8. The van der Waals surface area contributed by atoms with Crippen molar-refractivity contribution in [1.82, 2.24) is 4.72 Å². The number of hydrogen-bond acceptors (Lipinski definition) is 3. The van der Waals surface area contributed by atoms with Crippen molar-refractivity contribution < 1.29 is 17.6 Å². The summed E-state index contributed by atoms with van der Waals surface area (Å²) in [5, 5.41) is 0. The molecule has 0 aromatic heterocycles. The van der Waals surface area contributed by atoms with Crippen LogP contribution in [0.2, 0.25) is 0 Å². The van der Waals surface area contributed by atoms with Gasteiger partial charge in [0, 0.05) is 6.54 Å². The average Bonchev–Trinajstić information content (AvgIpc) is 2.25. The number of rotatable bonds is 6. The Morgan fingerprint density at radius 2 is 1.94 bits per heavy atom. The van der Waals surface area contributed by atoms with Gasteiger partial charge in [0.2, 0.25) is 15.9 Å². The van der Waals surface area contributed by atoms with Crippen LogP contribution in [0.5, 0.6) is 0 Å². The third-order valence-corrected chi connectivity index (χ3v) is 3.08. The van der Waals surface area contributed by atoms with Crippen LogP contribution in [0, 0.1) is 11.7 Å². The average molecular weight is 274 g/mol. The van der Waals surface area contributed by atoms with Gasteiger partial charge in [-0.2, -0.15) is 0 Å². The summed E-state index contributed by atoms with van der Waals surface area (Å²) in [6, 6.07) is 5.62. The number of nitrogens with one attached hydrogen (secondary N) is 1. The highest BCUT2D eigenvalue weighted by molar-refractivity contribution is 7.88. The Labute approximate surface area is 105 Å². The third-order valence-electron chi connectivity index (χ3n) is 2.39. The Balaban J connectivity index is 2.69. The lowest BCUT2D eigenvalue weighted by molar-refractivity contribution is -0.121. The Morgan fingerprint density at radius 3 is 2.39 bits per heavy atom. The quantitative estimate of drug-likeness (QED) is 0.766. The number of sulfonamides is 1. The number of benzene rings is 1. The van der Waals surface area contributed by atoms with E-state index in [1.807, 2.05) is 0 Å². The fraction of sp³-hybridized carbons (Fsp3) is 0.364. The van der Waals surface area contributed by atoms with E-state index in [4.69, 9.17) is 5.73 Å². The third kappa shape index (κ3) is 5.24. The second-order valence-electron chi connectivity index (χ2n) is 4.05. The molecule has 0 radical (unpaired) electrons. The van der Waals surface area contributed by atoms with Crippen LogP contribution in [0.3, 0.4) is 0 Å². The molecule has 0 unspecified atom stereocenters. The molecule has 0 aliphatic carbocycles. The van der Waals surface area contributed by atoms with Crippen molar-refractivity contribution in [2.75, 3.05) is 12.8 Å². The van der Waals surface area contributed by atoms with Gasteiger partial charge < -0.3 is 5.73 Å². The highest BCUT2D eigenvalue weighted by Gasteiger charge is 2.17. The van der Waals surface area contributed by atoms with E-state index in [2.05, 4.69) is 4.72 Å². The van der Waals surface area contributed by atoms with Gasteiger partial charge in [-0.25, -0.2) is 17.5 Å². The zero-order chi connectivity index (χ0) is 13.8. The van der Waals surface area contributed by atoms with Crippen molar-refractivity contribution in [1.29, 1.82) is 0 Å². The topological polar surface area (TPSA) is 89.3 Å². The molecule has 1 aromatic carbocycles. The molecule has 3 N–H and O–H groups in total. The van der Waals surface area contributed by atoms with Crippen LogP contribution in [0.15, 0.2) is 24.3 Å². The highest BCUT2D eigenvalue weighted by Crippen LogP contribution is 2.09. The number of hydrogen-bond donors (Lipinski definition) is 2. The first-order chi connectivity index (χ1) is 8.28. The van der Waals surface area contributed by atoms with E-state index >= 15 is 0 Å². The fourth-order valence-electron chi connectivity index (χ4n) is 1.43. The van der Waals surface area contributed by atoms with Gasteiger partial charge in [0.1, 0.15) is 5.82 Å². The predicted molar refractivity (Wildman–Crippen MR) is 65.6 cm³/mol. The first-order valence-corrected chi connectivity index (χ1v) is 7.15. The van der Waals surface area contributed by atoms with Gasteiger partial charge in [-0.3, -0.25) is 4.79 Å². The van der Waals surface area contributed by atoms with Crippen molar-refractivity contribution in [3.8, 4) is 0 Å². The van der Waals surface area contributed by atoms with Crippen molar-refractivity contribution in [2.45, 2.75) is 6.42 Å². The molecule has 0 aliphatic rings. The van der Waals surface area contributed by atoms with Gasteiger partial charge in [-0.15, -0.1) is 0 Å². The highest BCUT2D eigenvalue weighted by atomic mass is 32.2. The zero-order valence-corrected chi connectivity index (χ0v) is 10.7. The van der Waals surface area contributed by atoms with Crippen LogP contribution in [-0.4, -0.2) is 27.1 Å². The first kappa shape index (κ1) is 14.6. The second-order valence-corrected chi connectivity index (χ2v) is 5.88. The molecule has 100 valence electrons. The molecule has 1 rings (SSSR count). The number of carbonyl (C=O) groups is 1. The summed E-state index contributed by atoms with van der Waals surface area (Å²) in [5.41, 5.74) is 5.91. The Kier molecular flexibility index (Phi) is 4.80. The number of halogens is 1. The standard InChI is InChI=1S/C11H15FN2O3S/c1-18(16,17)14-7-9(11(13)15)6-8-2-4-10(12)5-3-8/h2-5,9,14H,6-7H2,1H3,(H2,13,15)/t9-/m0/s1. The summed E-state index contributed by atoms with van der Waals surface area (Å²) >= 11 is 0. The van der Waals surface area contributed by atoms with E-state index in [1.165, 1.54) is 24.3 Å². The van der Waals surface area contributed by atoms with Gasteiger partial charge >= 0.3 is 0 Å².